The number of aromatic nitrogens is 2. The Kier molecular flexibility index (Phi) is 11.4. The van der Waals surface area contributed by atoms with Gasteiger partial charge in [0.15, 0.2) is 5.82 Å². The molecule has 3 rings (SSSR count). The number of carbonyl (C=O) groups excluding carboxylic acids is 1. The number of carbonyl (C=O) groups is 1. The highest BCUT2D eigenvalue weighted by Gasteiger charge is 2.26. The Bertz CT molecular complexity index is 889. The molecule has 1 saturated heterocycles. The third kappa shape index (κ3) is 10.1. The molecule has 10 nitrogen and oxygen atoms in total. The molecule has 0 bridgehead atoms. The summed E-state index contributed by atoms with van der Waals surface area (Å²) < 4.78 is 57.6. The summed E-state index contributed by atoms with van der Waals surface area (Å²) in [4.78, 5) is 27.9. The Morgan fingerprint density at radius 2 is 1.95 bits per heavy atom. The summed E-state index contributed by atoms with van der Waals surface area (Å²) >= 11 is 0. The van der Waals surface area contributed by atoms with Crippen LogP contribution in [0.5, 0.6) is 0 Å². The van der Waals surface area contributed by atoms with Crippen LogP contribution in [0.3, 0.4) is 0 Å². The van der Waals surface area contributed by atoms with Crippen LogP contribution in [0.2, 0.25) is 0 Å². The van der Waals surface area contributed by atoms with Gasteiger partial charge in [-0.1, -0.05) is 0 Å². The zero-order valence-corrected chi connectivity index (χ0v) is 20.7. The number of hydrogen-bond donors (Lipinski definition) is 3. The van der Waals surface area contributed by atoms with Gasteiger partial charge in [0.05, 0.1) is 19.3 Å². The zero-order chi connectivity index (χ0) is 26.8. The number of hydrogen-bond acceptors (Lipinski definition) is 9. The number of alkyl halides is 4. The fourth-order valence-electron chi connectivity index (χ4n) is 4.29. The molecule has 2 atom stereocenters. The highest BCUT2D eigenvalue weighted by Crippen LogP contribution is 2.25. The highest BCUT2D eigenvalue weighted by molar-refractivity contribution is 5.98. The van der Waals surface area contributed by atoms with E-state index in [1.807, 2.05) is 4.90 Å². The molecule has 1 saturated carbocycles. The number of rotatable bonds is 13. The molecule has 1 aromatic rings. The quantitative estimate of drug-likeness (QED) is 0.261. The third-order valence-electron chi connectivity index (χ3n) is 6.27. The Hall–Kier alpha value is -2.42. The Balaban J connectivity index is 1.66. The number of aliphatic hydroxyl groups is 1. The SMILES string of the molecule is C[C@@H](COC(F)F)Nc1ncc(C(=O)N[C@H]2CCN(CCOC(F)F)C2)c(N=CC2CCC(O)CC2)n1. The summed E-state index contributed by atoms with van der Waals surface area (Å²) in [7, 11) is 0. The summed E-state index contributed by atoms with van der Waals surface area (Å²) in [5.41, 5.74) is 0.147. The minimum absolute atomic E-state index is 0.0987. The summed E-state index contributed by atoms with van der Waals surface area (Å²) in [6.45, 7) is -3.00. The summed E-state index contributed by atoms with van der Waals surface area (Å²) in [6, 6.07) is -0.719. The minimum Gasteiger partial charge on any atom is -0.393 e. The van der Waals surface area contributed by atoms with E-state index in [0.29, 0.717) is 38.9 Å². The Labute approximate surface area is 212 Å². The average molecular weight is 535 g/mol. The molecule has 1 aromatic heterocycles. The van der Waals surface area contributed by atoms with E-state index in [1.54, 1.807) is 13.1 Å². The van der Waals surface area contributed by atoms with Crippen molar-refractivity contribution in [1.29, 1.82) is 0 Å². The molecule has 2 heterocycles. The van der Waals surface area contributed by atoms with Crippen LogP contribution in [0.1, 0.15) is 49.4 Å². The molecule has 0 aromatic carbocycles. The predicted octanol–water partition coefficient (Wildman–Crippen LogP) is 2.81. The van der Waals surface area contributed by atoms with E-state index in [-0.39, 0.29) is 48.6 Å². The first-order chi connectivity index (χ1) is 17.7. The minimum atomic E-state index is -2.89. The average Bonchev–Trinajstić information content (AvgIpc) is 3.29. The van der Waals surface area contributed by atoms with E-state index < -0.39 is 25.2 Å². The van der Waals surface area contributed by atoms with Crippen LogP contribution < -0.4 is 10.6 Å². The monoisotopic (exact) mass is 534 g/mol. The summed E-state index contributed by atoms with van der Waals surface area (Å²) in [5.74, 6) is -0.0621. The lowest BCUT2D eigenvalue weighted by molar-refractivity contribution is -0.131. The maximum absolute atomic E-state index is 13.1. The second-order valence-corrected chi connectivity index (χ2v) is 9.31. The number of nitrogens with one attached hydrogen (secondary N) is 2. The van der Waals surface area contributed by atoms with Crippen LogP contribution >= 0.6 is 0 Å². The predicted molar refractivity (Wildman–Crippen MR) is 127 cm³/mol. The van der Waals surface area contributed by atoms with Crippen LogP contribution in [-0.4, -0.2) is 96.4 Å². The second kappa shape index (κ2) is 14.5. The molecule has 2 fully saturated rings. The number of halogens is 4. The normalized spacial score (nSPS) is 23.7. The van der Waals surface area contributed by atoms with Crippen molar-refractivity contribution in [3.63, 3.8) is 0 Å². The number of amides is 1. The van der Waals surface area contributed by atoms with Crippen molar-refractivity contribution in [2.24, 2.45) is 10.9 Å². The molecule has 1 amide bonds. The lowest BCUT2D eigenvalue weighted by Gasteiger charge is -2.22. The molecule has 208 valence electrons. The molecule has 3 N–H and O–H groups in total. The smallest absolute Gasteiger partial charge is 0.345 e. The maximum atomic E-state index is 13.1. The van der Waals surface area contributed by atoms with Crippen molar-refractivity contribution in [1.82, 2.24) is 20.2 Å². The van der Waals surface area contributed by atoms with Gasteiger partial charge in [-0.3, -0.25) is 9.69 Å². The van der Waals surface area contributed by atoms with Crippen LogP contribution in [0.4, 0.5) is 29.3 Å². The number of likely N-dealkylation sites (tertiary alicyclic amines) is 1. The standard InChI is InChI=1S/C23H34F4N6O4/c1-14(13-37-22(26)27)30-23-29-11-18(19(32-23)28-10-15-2-4-17(34)5-3-15)20(35)31-16-6-7-33(12-16)8-9-36-21(24)25/h10-11,14-17,21-22,34H,2-9,12-13H2,1H3,(H,31,35)(H,29,30,32)/t14-,15?,16-,17?/m0/s1. The van der Waals surface area contributed by atoms with E-state index in [0.717, 1.165) is 12.8 Å². The number of aliphatic imine (C=N–C) groups is 1. The molecule has 0 unspecified atom stereocenters. The summed E-state index contributed by atoms with van der Waals surface area (Å²) in [6.07, 6.45) is 6.24. The van der Waals surface area contributed by atoms with Crippen molar-refractivity contribution in [2.75, 3.05) is 38.2 Å². The molecule has 0 spiro atoms. The first-order valence-corrected chi connectivity index (χ1v) is 12.4. The van der Waals surface area contributed by atoms with Crippen molar-refractivity contribution in [2.45, 2.75) is 70.4 Å². The van der Waals surface area contributed by atoms with Gasteiger partial charge in [0.2, 0.25) is 5.95 Å². The van der Waals surface area contributed by atoms with Gasteiger partial charge in [-0.2, -0.15) is 22.5 Å². The van der Waals surface area contributed by atoms with Crippen molar-refractivity contribution in [3.05, 3.63) is 11.8 Å². The van der Waals surface area contributed by atoms with Crippen molar-refractivity contribution in [3.8, 4) is 0 Å². The number of ether oxygens (including phenoxy) is 2. The Morgan fingerprint density at radius 3 is 2.65 bits per heavy atom. The zero-order valence-electron chi connectivity index (χ0n) is 20.7. The molecule has 0 radical (unpaired) electrons. The second-order valence-electron chi connectivity index (χ2n) is 9.31. The molecule has 37 heavy (non-hydrogen) atoms. The van der Waals surface area contributed by atoms with Gasteiger partial charge in [-0.05, 0) is 44.9 Å². The fourth-order valence-corrected chi connectivity index (χ4v) is 4.29. The third-order valence-corrected chi connectivity index (χ3v) is 6.27. The molecule has 2 aliphatic rings. The van der Waals surface area contributed by atoms with Gasteiger partial charge in [0, 0.05) is 44.1 Å². The van der Waals surface area contributed by atoms with E-state index in [2.05, 4.69) is 35.1 Å². The molecule has 1 aliphatic heterocycles. The molecular formula is C23H34F4N6O4. The van der Waals surface area contributed by atoms with Crippen LogP contribution in [-0.2, 0) is 9.47 Å². The maximum Gasteiger partial charge on any atom is 0.345 e. The van der Waals surface area contributed by atoms with Crippen molar-refractivity contribution >= 4 is 23.9 Å². The largest absolute Gasteiger partial charge is 0.393 e. The number of aliphatic hydroxyl groups excluding tert-OH is 1. The fraction of sp³-hybridized carbons (Fsp3) is 0.739. The van der Waals surface area contributed by atoms with E-state index in [4.69, 9.17) is 0 Å². The van der Waals surface area contributed by atoms with Gasteiger partial charge >= 0.3 is 13.2 Å². The van der Waals surface area contributed by atoms with Crippen LogP contribution in [0.25, 0.3) is 0 Å². The lowest BCUT2D eigenvalue weighted by atomic mass is 9.88. The highest BCUT2D eigenvalue weighted by atomic mass is 19.3. The van der Waals surface area contributed by atoms with Crippen molar-refractivity contribution < 1.29 is 36.9 Å². The topological polar surface area (TPSA) is 121 Å². The number of nitrogens with zero attached hydrogens (tertiary/aromatic N) is 4. The van der Waals surface area contributed by atoms with E-state index in [1.165, 1.54) is 6.20 Å². The van der Waals surface area contributed by atoms with Gasteiger partial charge < -0.3 is 25.2 Å². The van der Waals surface area contributed by atoms with Gasteiger partial charge in [-0.15, -0.1) is 0 Å². The molecule has 1 aliphatic carbocycles. The molecule has 14 heteroatoms. The van der Waals surface area contributed by atoms with E-state index >= 15 is 0 Å². The Morgan fingerprint density at radius 1 is 1.22 bits per heavy atom. The first kappa shape index (κ1) is 29.1. The molecular weight excluding hydrogens is 500 g/mol. The van der Waals surface area contributed by atoms with Crippen LogP contribution in [0.15, 0.2) is 11.2 Å². The van der Waals surface area contributed by atoms with Gasteiger partial charge in [0.1, 0.15) is 5.56 Å². The van der Waals surface area contributed by atoms with Crippen LogP contribution in [0, 0.1) is 5.92 Å². The lowest BCUT2D eigenvalue weighted by Crippen LogP contribution is -2.38. The van der Waals surface area contributed by atoms with E-state index in [9.17, 15) is 27.5 Å². The summed E-state index contributed by atoms with van der Waals surface area (Å²) in [5, 5.41) is 15.5. The number of anilines is 1. The van der Waals surface area contributed by atoms with Gasteiger partial charge in [-0.25, -0.2) is 9.98 Å². The van der Waals surface area contributed by atoms with Gasteiger partial charge in [0.25, 0.3) is 5.91 Å². The first-order valence-electron chi connectivity index (χ1n) is 12.4.